The first-order valence-electron chi connectivity index (χ1n) is 5.53. The molecule has 90 valence electrons. The number of hydrogen-bond donors (Lipinski definition) is 1. The lowest BCUT2D eigenvalue weighted by molar-refractivity contribution is 0.438. The highest BCUT2D eigenvalue weighted by Crippen LogP contribution is 2.35. The molecule has 0 bridgehead atoms. The van der Waals surface area contributed by atoms with Crippen molar-refractivity contribution >= 4 is 28.5 Å². The first-order valence-corrected chi connectivity index (χ1v) is 6.60. The molecule has 2 N–H and O–H groups in total. The molecular weight excluding hydrogens is 327 g/mol. The molecule has 0 amide bonds. The van der Waals surface area contributed by atoms with E-state index in [0.29, 0.717) is 11.8 Å². The van der Waals surface area contributed by atoms with E-state index < -0.39 is 0 Å². The van der Waals surface area contributed by atoms with E-state index in [1.807, 2.05) is 6.07 Å². The predicted molar refractivity (Wildman–Crippen MR) is 77.9 cm³/mol. The van der Waals surface area contributed by atoms with Crippen LogP contribution in [0.5, 0.6) is 0 Å². The van der Waals surface area contributed by atoms with Crippen LogP contribution in [0.2, 0.25) is 0 Å². The Hall–Kier alpha value is -1.04. The van der Waals surface area contributed by atoms with Crippen molar-refractivity contribution in [3.05, 3.63) is 32.9 Å². The van der Waals surface area contributed by atoms with Gasteiger partial charge < -0.3 is 10.3 Å². The lowest BCUT2D eigenvalue weighted by Crippen LogP contribution is -1.96. The zero-order valence-electron chi connectivity index (χ0n) is 10.1. The smallest absolute Gasteiger partial charge is 0.226 e. The van der Waals surface area contributed by atoms with E-state index in [4.69, 9.17) is 10.3 Å². The van der Waals surface area contributed by atoms with Gasteiger partial charge >= 0.3 is 0 Å². The number of nitrogen functional groups attached to an aromatic ring is 1. The molecule has 0 fully saturated rings. The molecule has 2 aromatic rings. The molecule has 0 saturated carbocycles. The maximum absolute atomic E-state index is 5.84. The van der Waals surface area contributed by atoms with E-state index in [1.54, 1.807) is 0 Å². The van der Waals surface area contributed by atoms with Crippen molar-refractivity contribution in [3.63, 3.8) is 0 Å². The van der Waals surface area contributed by atoms with Crippen molar-refractivity contribution in [3.8, 4) is 11.3 Å². The molecule has 0 aliphatic heterocycles. The maximum Gasteiger partial charge on any atom is 0.226 e. The minimum atomic E-state index is 0.299. The highest BCUT2D eigenvalue weighted by atomic mass is 127. The third kappa shape index (κ3) is 2.18. The Bertz CT molecular complexity index is 546. The SMILES string of the molecule is Cc1cccc(-c2noc(N)c2C(C)C)c1I. The summed E-state index contributed by atoms with van der Waals surface area (Å²) in [4.78, 5) is 0. The number of nitrogens with zero attached hydrogens (tertiary/aromatic N) is 1. The highest BCUT2D eigenvalue weighted by Gasteiger charge is 2.20. The predicted octanol–water partition coefficient (Wildman–Crippen LogP) is 3.96. The van der Waals surface area contributed by atoms with Crippen molar-refractivity contribution in [1.82, 2.24) is 5.16 Å². The fourth-order valence-electron chi connectivity index (χ4n) is 1.89. The summed E-state index contributed by atoms with van der Waals surface area (Å²) < 4.78 is 6.33. The van der Waals surface area contributed by atoms with Gasteiger partial charge in [-0.15, -0.1) is 0 Å². The number of rotatable bonds is 2. The molecule has 1 aromatic heterocycles. The van der Waals surface area contributed by atoms with Gasteiger partial charge in [-0.1, -0.05) is 37.2 Å². The molecule has 2 rings (SSSR count). The van der Waals surface area contributed by atoms with Gasteiger partial charge in [0, 0.05) is 14.7 Å². The molecule has 0 radical (unpaired) electrons. The van der Waals surface area contributed by atoms with Gasteiger partial charge in [-0.05, 0) is 41.0 Å². The van der Waals surface area contributed by atoms with Crippen LogP contribution in [0.3, 0.4) is 0 Å². The second-order valence-corrected chi connectivity index (χ2v) is 5.48. The number of benzene rings is 1. The summed E-state index contributed by atoms with van der Waals surface area (Å²) in [7, 11) is 0. The van der Waals surface area contributed by atoms with Crippen molar-refractivity contribution in [1.29, 1.82) is 0 Å². The quantitative estimate of drug-likeness (QED) is 0.841. The fraction of sp³-hybridized carbons (Fsp3) is 0.308. The molecule has 1 aromatic carbocycles. The van der Waals surface area contributed by atoms with Crippen LogP contribution in [0.4, 0.5) is 5.88 Å². The van der Waals surface area contributed by atoms with Gasteiger partial charge in [0.2, 0.25) is 5.88 Å². The Balaban J connectivity index is 2.65. The van der Waals surface area contributed by atoms with Gasteiger partial charge in [0.15, 0.2) is 0 Å². The van der Waals surface area contributed by atoms with Crippen LogP contribution in [0.15, 0.2) is 22.7 Å². The number of nitrogens with two attached hydrogens (primary N) is 1. The number of aryl methyl sites for hydroxylation is 1. The lowest BCUT2D eigenvalue weighted by Gasteiger charge is -2.08. The standard InChI is InChI=1S/C13H15IN2O/c1-7(2)10-12(16-17-13(10)15)9-6-4-5-8(3)11(9)14/h4-7H,15H2,1-3H3. The van der Waals surface area contributed by atoms with Crippen molar-refractivity contribution in [2.45, 2.75) is 26.7 Å². The van der Waals surface area contributed by atoms with Crippen LogP contribution < -0.4 is 5.73 Å². The molecule has 0 aliphatic rings. The Morgan fingerprint density at radius 3 is 2.71 bits per heavy atom. The van der Waals surface area contributed by atoms with Gasteiger partial charge in [0.25, 0.3) is 0 Å². The van der Waals surface area contributed by atoms with Crippen LogP contribution >= 0.6 is 22.6 Å². The second-order valence-electron chi connectivity index (χ2n) is 4.40. The monoisotopic (exact) mass is 342 g/mol. The van der Waals surface area contributed by atoms with E-state index in [0.717, 1.165) is 16.8 Å². The second kappa shape index (κ2) is 4.68. The highest BCUT2D eigenvalue weighted by molar-refractivity contribution is 14.1. The van der Waals surface area contributed by atoms with E-state index in [1.165, 1.54) is 9.13 Å². The van der Waals surface area contributed by atoms with Crippen LogP contribution in [0, 0.1) is 10.5 Å². The van der Waals surface area contributed by atoms with E-state index in [-0.39, 0.29) is 0 Å². The molecule has 4 heteroatoms. The summed E-state index contributed by atoms with van der Waals surface area (Å²) in [5.74, 6) is 0.722. The third-order valence-electron chi connectivity index (χ3n) is 2.78. The van der Waals surface area contributed by atoms with Gasteiger partial charge in [-0.25, -0.2) is 0 Å². The number of halogens is 1. The zero-order valence-corrected chi connectivity index (χ0v) is 12.3. The van der Waals surface area contributed by atoms with Crippen molar-refractivity contribution in [2.24, 2.45) is 0 Å². The molecule has 1 heterocycles. The van der Waals surface area contributed by atoms with Gasteiger partial charge in [-0.2, -0.15) is 0 Å². The molecule has 0 aliphatic carbocycles. The summed E-state index contributed by atoms with van der Waals surface area (Å²) >= 11 is 2.34. The maximum atomic E-state index is 5.84. The minimum absolute atomic E-state index is 0.299. The number of aromatic nitrogens is 1. The Morgan fingerprint density at radius 2 is 2.06 bits per heavy atom. The molecule has 3 nitrogen and oxygen atoms in total. The van der Waals surface area contributed by atoms with Crippen molar-refractivity contribution < 1.29 is 4.52 Å². The van der Waals surface area contributed by atoms with Gasteiger partial charge in [-0.3, -0.25) is 0 Å². The average molecular weight is 342 g/mol. The lowest BCUT2D eigenvalue weighted by atomic mass is 9.98. The Kier molecular flexibility index (Phi) is 3.42. The molecular formula is C13H15IN2O. The average Bonchev–Trinajstić information content (AvgIpc) is 2.64. The molecule has 17 heavy (non-hydrogen) atoms. The molecule has 0 saturated heterocycles. The minimum Gasteiger partial charge on any atom is -0.367 e. The Labute approximate surface area is 115 Å². The van der Waals surface area contributed by atoms with Crippen molar-refractivity contribution in [2.75, 3.05) is 5.73 Å². The summed E-state index contributed by atoms with van der Waals surface area (Å²) in [6.07, 6.45) is 0. The van der Waals surface area contributed by atoms with E-state index >= 15 is 0 Å². The van der Waals surface area contributed by atoms with Gasteiger partial charge in [0.1, 0.15) is 5.69 Å². The van der Waals surface area contributed by atoms with Crippen LogP contribution in [0.1, 0.15) is 30.9 Å². The first kappa shape index (κ1) is 12.4. The molecule has 0 unspecified atom stereocenters. The molecule has 0 atom stereocenters. The Morgan fingerprint density at radius 1 is 1.35 bits per heavy atom. The summed E-state index contributed by atoms with van der Waals surface area (Å²) in [5.41, 5.74) is 10.0. The zero-order chi connectivity index (χ0) is 12.6. The summed E-state index contributed by atoms with van der Waals surface area (Å²) in [6.45, 7) is 6.27. The summed E-state index contributed by atoms with van der Waals surface area (Å²) in [6, 6.07) is 6.17. The van der Waals surface area contributed by atoms with Crippen LogP contribution in [0.25, 0.3) is 11.3 Å². The normalized spacial score (nSPS) is 11.1. The van der Waals surface area contributed by atoms with Crippen LogP contribution in [-0.2, 0) is 0 Å². The topological polar surface area (TPSA) is 52.0 Å². The fourth-order valence-corrected chi connectivity index (χ4v) is 2.51. The first-order chi connectivity index (χ1) is 8.02. The van der Waals surface area contributed by atoms with E-state index in [2.05, 4.69) is 60.7 Å². The third-order valence-corrected chi connectivity index (χ3v) is 4.21. The van der Waals surface area contributed by atoms with Gasteiger partial charge in [0.05, 0.1) is 0 Å². The number of anilines is 1. The number of hydrogen-bond acceptors (Lipinski definition) is 3. The molecule has 0 spiro atoms. The van der Waals surface area contributed by atoms with E-state index in [9.17, 15) is 0 Å². The summed E-state index contributed by atoms with van der Waals surface area (Å²) in [5, 5.41) is 4.10. The van der Waals surface area contributed by atoms with Crippen LogP contribution in [-0.4, -0.2) is 5.16 Å². The largest absolute Gasteiger partial charge is 0.367 e.